The highest BCUT2D eigenvalue weighted by molar-refractivity contribution is 5.48. The van der Waals surface area contributed by atoms with E-state index >= 15 is 0 Å². The van der Waals surface area contributed by atoms with Crippen molar-refractivity contribution in [3.05, 3.63) is 101 Å². The van der Waals surface area contributed by atoms with Gasteiger partial charge in [0.05, 0.1) is 0 Å². The van der Waals surface area contributed by atoms with E-state index in [1.807, 2.05) is 12.1 Å². The van der Waals surface area contributed by atoms with Gasteiger partial charge in [-0.15, -0.1) is 0 Å². The molecule has 1 aliphatic heterocycles. The maximum atomic E-state index is 12.9. The summed E-state index contributed by atoms with van der Waals surface area (Å²) in [6.45, 7) is 8.07. The van der Waals surface area contributed by atoms with Crippen LogP contribution in [0, 0.1) is 5.92 Å². The van der Waals surface area contributed by atoms with Crippen molar-refractivity contribution in [1.29, 1.82) is 0 Å². The summed E-state index contributed by atoms with van der Waals surface area (Å²) in [7, 11) is 0. The molecule has 3 heteroatoms. The molecule has 0 radical (unpaired) electrons. The number of rotatable bonds is 5. The zero-order valence-electron chi connectivity index (χ0n) is 21.4. The Hall–Kier alpha value is -2.62. The fraction of sp³-hybridized carbons (Fsp3) is 0.438. The maximum absolute atomic E-state index is 12.9. The Kier molecular flexibility index (Phi) is 6.27. The Morgan fingerprint density at radius 1 is 0.800 bits per heavy atom. The van der Waals surface area contributed by atoms with Crippen LogP contribution in [0.5, 0.6) is 5.75 Å². The fourth-order valence-electron chi connectivity index (χ4n) is 6.68. The van der Waals surface area contributed by atoms with Gasteiger partial charge in [0.25, 0.3) is 0 Å². The predicted molar refractivity (Wildman–Crippen MR) is 143 cm³/mol. The van der Waals surface area contributed by atoms with Gasteiger partial charge in [-0.1, -0.05) is 100.0 Å². The van der Waals surface area contributed by atoms with E-state index in [4.69, 9.17) is 0 Å². The Labute approximate surface area is 210 Å². The first-order chi connectivity index (χ1) is 16.8. The van der Waals surface area contributed by atoms with Crippen molar-refractivity contribution in [3.63, 3.8) is 0 Å². The molecule has 0 bridgehead atoms. The largest absolute Gasteiger partial charge is 0.508 e. The van der Waals surface area contributed by atoms with Crippen LogP contribution in [0.3, 0.4) is 0 Å². The maximum Gasteiger partial charge on any atom is 0.148 e. The van der Waals surface area contributed by atoms with Gasteiger partial charge in [0.15, 0.2) is 0 Å². The van der Waals surface area contributed by atoms with Crippen LogP contribution >= 0.6 is 0 Å². The molecule has 1 saturated heterocycles. The number of benzene rings is 3. The van der Waals surface area contributed by atoms with Gasteiger partial charge in [-0.3, -0.25) is 4.90 Å². The minimum atomic E-state index is -1.17. The van der Waals surface area contributed by atoms with Gasteiger partial charge >= 0.3 is 0 Å². The van der Waals surface area contributed by atoms with Gasteiger partial charge < -0.3 is 10.2 Å². The van der Waals surface area contributed by atoms with Gasteiger partial charge in [-0.05, 0) is 53.9 Å². The van der Waals surface area contributed by atoms with Gasteiger partial charge in [0, 0.05) is 30.0 Å². The molecule has 3 aromatic rings. The number of piperidine rings is 1. The van der Waals surface area contributed by atoms with E-state index in [1.165, 1.54) is 17.5 Å². The van der Waals surface area contributed by atoms with Crippen molar-refractivity contribution >= 4 is 0 Å². The average molecular weight is 470 g/mol. The van der Waals surface area contributed by atoms with Crippen LogP contribution < -0.4 is 0 Å². The third-order valence-corrected chi connectivity index (χ3v) is 8.55. The fourth-order valence-corrected chi connectivity index (χ4v) is 6.68. The second kappa shape index (κ2) is 9.11. The van der Waals surface area contributed by atoms with Gasteiger partial charge in [-0.25, -0.2) is 0 Å². The first kappa shape index (κ1) is 24.1. The van der Waals surface area contributed by atoms with Crippen molar-refractivity contribution in [2.45, 2.75) is 69.4 Å². The third kappa shape index (κ3) is 3.99. The van der Waals surface area contributed by atoms with Crippen LogP contribution in [-0.4, -0.2) is 28.2 Å². The quantitative estimate of drug-likeness (QED) is 0.436. The van der Waals surface area contributed by atoms with Gasteiger partial charge in [0.2, 0.25) is 0 Å². The van der Waals surface area contributed by atoms with E-state index in [0.29, 0.717) is 0 Å². The lowest BCUT2D eigenvalue weighted by Gasteiger charge is -2.60. The highest BCUT2D eigenvalue weighted by atomic mass is 16.3. The van der Waals surface area contributed by atoms with Crippen LogP contribution in [0.15, 0.2) is 78.9 Å². The van der Waals surface area contributed by atoms with E-state index in [9.17, 15) is 10.2 Å². The number of hydrogen-bond donors (Lipinski definition) is 2. The summed E-state index contributed by atoms with van der Waals surface area (Å²) in [5, 5.41) is 24.0. The molecule has 2 atom stereocenters. The zero-order chi connectivity index (χ0) is 24.7. The van der Waals surface area contributed by atoms with Gasteiger partial charge in [0.1, 0.15) is 11.5 Å². The van der Waals surface area contributed by atoms with Gasteiger partial charge in [-0.2, -0.15) is 0 Å². The first-order valence-corrected chi connectivity index (χ1v) is 13.2. The molecule has 0 amide bonds. The molecule has 35 heavy (non-hydrogen) atoms. The molecule has 2 unspecified atom stereocenters. The van der Waals surface area contributed by atoms with Crippen LogP contribution in [0.2, 0.25) is 0 Å². The minimum absolute atomic E-state index is 0.0298. The number of nitrogens with zero attached hydrogens (tertiary/aromatic N) is 1. The summed E-state index contributed by atoms with van der Waals surface area (Å²) in [5.74, 6) is 0.243. The normalized spacial score (nSPS) is 22.2. The molecule has 2 aliphatic rings. The smallest absolute Gasteiger partial charge is 0.148 e. The second-order valence-corrected chi connectivity index (χ2v) is 11.6. The monoisotopic (exact) mass is 469 g/mol. The van der Waals surface area contributed by atoms with Crippen molar-refractivity contribution in [2.75, 3.05) is 13.1 Å². The van der Waals surface area contributed by atoms with E-state index in [0.717, 1.165) is 49.9 Å². The summed E-state index contributed by atoms with van der Waals surface area (Å²) in [6, 6.07) is 27.4. The molecular formula is C32H39NO2. The summed E-state index contributed by atoms with van der Waals surface area (Å²) >= 11 is 0. The molecule has 1 saturated carbocycles. The number of phenols is 1. The zero-order valence-corrected chi connectivity index (χ0v) is 21.4. The van der Waals surface area contributed by atoms with Crippen LogP contribution in [-0.2, 0) is 16.6 Å². The Balaban J connectivity index is 1.69. The topological polar surface area (TPSA) is 43.7 Å². The molecule has 0 spiro atoms. The predicted octanol–water partition coefficient (Wildman–Crippen LogP) is 6.72. The first-order valence-electron chi connectivity index (χ1n) is 13.2. The minimum Gasteiger partial charge on any atom is -0.508 e. The molecule has 1 aliphatic carbocycles. The number of aliphatic hydroxyl groups is 1. The number of hydrogen-bond acceptors (Lipinski definition) is 3. The Morgan fingerprint density at radius 2 is 1.37 bits per heavy atom. The summed E-state index contributed by atoms with van der Waals surface area (Å²) < 4.78 is 0. The Bertz CT molecular complexity index is 1110. The molecule has 3 aromatic carbocycles. The van der Waals surface area contributed by atoms with E-state index < -0.39 is 5.72 Å². The molecular weight excluding hydrogens is 430 g/mol. The molecule has 184 valence electrons. The summed E-state index contributed by atoms with van der Waals surface area (Å²) in [4.78, 5) is 2.30. The molecule has 2 N–H and O–H groups in total. The van der Waals surface area contributed by atoms with E-state index in [2.05, 4.69) is 92.4 Å². The van der Waals surface area contributed by atoms with Crippen molar-refractivity contribution in [3.8, 4) is 5.75 Å². The summed E-state index contributed by atoms with van der Waals surface area (Å²) in [6.07, 6.45) is 5.30. The van der Waals surface area contributed by atoms with Crippen molar-refractivity contribution < 1.29 is 10.2 Å². The number of likely N-dealkylation sites (tertiary alicyclic amines) is 1. The average Bonchev–Trinajstić information content (AvgIpc) is 2.85. The van der Waals surface area contributed by atoms with Crippen molar-refractivity contribution in [1.82, 2.24) is 4.90 Å². The summed E-state index contributed by atoms with van der Waals surface area (Å²) in [5.41, 5.74) is 2.62. The standard InChI is InChI=1S/C32H39NO2/c1-30(2,3)27-18-17-26(23-28(27)34)32(35,33-21-11-6-12-22-33)29-19-20-31(29,24-13-7-4-8-14-24)25-15-9-5-10-16-25/h4-5,7-10,13-18,23,29,34-35H,6,11-12,19-22H2,1-3H3. The molecule has 0 aromatic heterocycles. The van der Waals surface area contributed by atoms with Crippen LogP contribution in [0.25, 0.3) is 0 Å². The van der Waals surface area contributed by atoms with Crippen LogP contribution in [0.4, 0.5) is 0 Å². The van der Waals surface area contributed by atoms with Crippen LogP contribution in [0.1, 0.15) is 75.1 Å². The number of aromatic hydroxyl groups is 1. The second-order valence-electron chi connectivity index (χ2n) is 11.6. The third-order valence-electron chi connectivity index (χ3n) is 8.55. The lowest BCUT2D eigenvalue weighted by atomic mass is 9.49. The highest BCUT2D eigenvalue weighted by Crippen LogP contribution is 2.61. The molecule has 1 heterocycles. The van der Waals surface area contributed by atoms with E-state index in [1.54, 1.807) is 0 Å². The molecule has 5 rings (SSSR count). The lowest BCUT2D eigenvalue weighted by molar-refractivity contribution is -0.203. The highest BCUT2D eigenvalue weighted by Gasteiger charge is 2.60. The van der Waals surface area contributed by atoms with Crippen molar-refractivity contribution in [2.24, 2.45) is 5.92 Å². The SMILES string of the molecule is CC(C)(C)c1ccc(C(O)(C2CCC2(c2ccccc2)c2ccccc2)N2CCCCC2)cc1O. The Morgan fingerprint density at radius 3 is 1.83 bits per heavy atom. The van der Waals surface area contributed by atoms with E-state index in [-0.39, 0.29) is 22.5 Å². The lowest BCUT2D eigenvalue weighted by Crippen LogP contribution is -2.63. The number of phenolic OH excluding ortho intramolecular Hbond substituents is 1. The molecule has 3 nitrogen and oxygen atoms in total. The molecule has 2 fully saturated rings.